The van der Waals surface area contributed by atoms with Crippen molar-refractivity contribution in [1.82, 2.24) is 0 Å². The quantitative estimate of drug-likeness (QED) is 0.577. The second kappa shape index (κ2) is 8.91. The molecule has 0 bridgehead atoms. The summed E-state index contributed by atoms with van der Waals surface area (Å²) in [6.45, 7) is 2.18. The van der Waals surface area contributed by atoms with Gasteiger partial charge in [-0.3, -0.25) is 0 Å². The lowest BCUT2D eigenvalue weighted by atomic mass is 9.87. The lowest BCUT2D eigenvalue weighted by Crippen LogP contribution is -2.26. The zero-order chi connectivity index (χ0) is 19.4. The van der Waals surface area contributed by atoms with Gasteiger partial charge in [0.05, 0.1) is 0 Å². The molecule has 4 nitrogen and oxygen atoms in total. The van der Waals surface area contributed by atoms with Gasteiger partial charge in [0.15, 0.2) is 0 Å². The third-order valence-corrected chi connectivity index (χ3v) is 7.80. The highest BCUT2D eigenvalue weighted by Gasteiger charge is 2.25. The van der Waals surface area contributed by atoms with Gasteiger partial charge in [-0.1, -0.05) is 19.1 Å². The molecule has 0 fully saturated rings. The minimum Gasteiger partial charge on any atom is -0.508 e. The van der Waals surface area contributed by atoms with Crippen LogP contribution < -0.4 is 0 Å². The van der Waals surface area contributed by atoms with Gasteiger partial charge in [0, 0.05) is 19.8 Å². The van der Waals surface area contributed by atoms with Crippen molar-refractivity contribution in [2.45, 2.75) is 50.5 Å². The fourth-order valence-electron chi connectivity index (χ4n) is 4.37. The van der Waals surface area contributed by atoms with Crippen molar-refractivity contribution in [2.24, 2.45) is 0 Å². The largest absolute Gasteiger partial charge is 0.508 e. The maximum atomic E-state index is 10.3. The number of aromatic hydroxyl groups is 2. The first-order valence-corrected chi connectivity index (χ1v) is 11.3. The Morgan fingerprint density at radius 1 is 1.07 bits per heavy atom. The van der Waals surface area contributed by atoms with E-state index in [9.17, 15) is 10.2 Å². The number of phenolic OH excluding ortho intramolecular Hbond substituents is 2. The Balaban J connectivity index is 1.91. The van der Waals surface area contributed by atoms with E-state index in [2.05, 4.69) is 6.92 Å². The van der Waals surface area contributed by atoms with Gasteiger partial charge in [-0.05, 0) is 84.5 Å². The molecule has 2 N–H and O–H groups in total. The monoisotopic (exact) mass is 386 g/mol. The first-order valence-electron chi connectivity index (χ1n) is 9.70. The zero-order valence-electron chi connectivity index (χ0n) is 16.4. The first kappa shape index (κ1) is 19.9. The van der Waals surface area contributed by atoms with E-state index in [0.29, 0.717) is 23.0 Å². The molecule has 0 spiro atoms. The van der Waals surface area contributed by atoms with E-state index in [4.69, 9.17) is 8.85 Å². The number of benzene rings is 2. The van der Waals surface area contributed by atoms with Crippen molar-refractivity contribution in [3.63, 3.8) is 0 Å². The van der Waals surface area contributed by atoms with Gasteiger partial charge in [-0.15, -0.1) is 0 Å². The normalized spacial score (nSPS) is 18.1. The summed E-state index contributed by atoms with van der Waals surface area (Å²) in [6.07, 6.45) is 5.04. The summed E-state index contributed by atoms with van der Waals surface area (Å²) < 4.78 is 11.1. The molecule has 0 heterocycles. The lowest BCUT2D eigenvalue weighted by molar-refractivity contribution is 0.266. The van der Waals surface area contributed by atoms with Crippen LogP contribution in [0.1, 0.15) is 47.9 Å². The van der Waals surface area contributed by atoms with E-state index in [1.807, 2.05) is 24.3 Å². The molecule has 5 heteroatoms. The molecule has 27 heavy (non-hydrogen) atoms. The third-order valence-electron chi connectivity index (χ3n) is 5.70. The Bertz CT molecular complexity index is 756. The Hall–Kier alpha value is -1.82. The fourth-order valence-corrected chi connectivity index (χ4v) is 5.94. The average Bonchev–Trinajstić information content (AvgIpc) is 2.86. The molecule has 1 aliphatic rings. The molecular formula is C22H30O4Si. The van der Waals surface area contributed by atoms with Crippen LogP contribution in [0.15, 0.2) is 36.4 Å². The van der Waals surface area contributed by atoms with Crippen LogP contribution in [0.25, 0.3) is 0 Å². The first-order chi connectivity index (χ1) is 13.0. The Kier molecular flexibility index (Phi) is 6.58. The van der Waals surface area contributed by atoms with E-state index >= 15 is 0 Å². The van der Waals surface area contributed by atoms with Crippen LogP contribution in [-0.4, -0.2) is 33.7 Å². The summed E-state index contributed by atoms with van der Waals surface area (Å²) in [5, 5.41) is 19.9. The van der Waals surface area contributed by atoms with Crippen molar-refractivity contribution in [3.8, 4) is 11.5 Å². The van der Waals surface area contributed by atoms with Crippen LogP contribution in [0.3, 0.4) is 0 Å². The van der Waals surface area contributed by atoms with Gasteiger partial charge in [-0.2, -0.15) is 0 Å². The molecule has 0 saturated heterocycles. The Morgan fingerprint density at radius 2 is 1.78 bits per heavy atom. The molecule has 0 aromatic heterocycles. The van der Waals surface area contributed by atoms with Gasteiger partial charge >= 0.3 is 9.28 Å². The van der Waals surface area contributed by atoms with E-state index in [1.54, 1.807) is 26.4 Å². The summed E-state index contributed by atoms with van der Waals surface area (Å²) in [5.41, 5.74) is 5.45. The van der Waals surface area contributed by atoms with Gasteiger partial charge in [-0.25, -0.2) is 0 Å². The molecule has 1 aliphatic carbocycles. The number of phenols is 2. The molecule has 146 valence electrons. The summed E-state index contributed by atoms with van der Waals surface area (Å²) in [4.78, 5) is 0. The predicted octanol–water partition coefficient (Wildman–Crippen LogP) is 4.21. The van der Waals surface area contributed by atoms with E-state index in [1.165, 1.54) is 22.3 Å². The topological polar surface area (TPSA) is 58.9 Å². The third kappa shape index (κ3) is 4.72. The minimum atomic E-state index is -1.71. The molecule has 2 aromatic rings. The lowest BCUT2D eigenvalue weighted by Gasteiger charge is -2.23. The predicted molar refractivity (Wildman–Crippen MR) is 110 cm³/mol. The summed E-state index contributed by atoms with van der Waals surface area (Å²) in [6, 6.07) is 11.5. The molecular weight excluding hydrogens is 356 g/mol. The molecule has 2 atom stereocenters. The highest BCUT2D eigenvalue weighted by molar-refractivity contribution is 6.46. The van der Waals surface area contributed by atoms with Crippen molar-refractivity contribution in [2.75, 3.05) is 14.2 Å². The number of fused-ring (bicyclic) bond motifs is 1. The highest BCUT2D eigenvalue weighted by atomic mass is 28.3. The minimum absolute atomic E-state index is 0.308. The molecule has 2 aromatic carbocycles. The van der Waals surface area contributed by atoms with Gasteiger partial charge in [0.25, 0.3) is 0 Å². The second-order valence-electron chi connectivity index (χ2n) is 7.65. The average molecular weight is 387 g/mol. The van der Waals surface area contributed by atoms with Crippen LogP contribution >= 0.6 is 0 Å². The SMILES string of the molecule is CO[SiH](OC)C(C)Cc1cc(O)cc2c1CC(c1ccc(O)cc1)CCC2. The Labute approximate surface area is 163 Å². The van der Waals surface area contributed by atoms with Crippen LogP contribution in [0, 0.1) is 0 Å². The van der Waals surface area contributed by atoms with Crippen molar-refractivity contribution >= 4 is 9.28 Å². The van der Waals surface area contributed by atoms with Gasteiger partial charge in [0.2, 0.25) is 0 Å². The van der Waals surface area contributed by atoms with E-state index < -0.39 is 9.28 Å². The summed E-state index contributed by atoms with van der Waals surface area (Å²) >= 11 is 0. The van der Waals surface area contributed by atoms with Crippen LogP contribution in [0.4, 0.5) is 0 Å². The molecule has 3 rings (SSSR count). The smallest absolute Gasteiger partial charge is 0.324 e. The molecule has 0 radical (unpaired) electrons. The maximum absolute atomic E-state index is 10.3. The molecule has 2 unspecified atom stereocenters. The van der Waals surface area contributed by atoms with E-state index in [0.717, 1.165) is 32.1 Å². The summed E-state index contributed by atoms with van der Waals surface area (Å²) in [7, 11) is 1.73. The second-order valence-corrected chi connectivity index (χ2v) is 10.5. The molecule has 0 saturated carbocycles. The van der Waals surface area contributed by atoms with Crippen molar-refractivity contribution < 1.29 is 19.1 Å². The standard InChI is InChI=1S/C22H30O4Si/c1-15(27(25-2)26-3)11-19-13-21(24)12-18-6-4-5-17(14-22(18)19)16-7-9-20(23)10-8-16/h7-10,12-13,15,17,23-24,27H,4-6,11,14H2,1-3H3. The van der Waals surface area contributed by atoms with Crippen molar-refractivity contribution in [1.29, 1.82) is 0 Å². The van der Waals surface area contributed by atoms with Gasteiger partial charge < -0.3 is 19.1 Å². The maximum Gasteiger partial charge on any atom is 0.324 e. The Morgan fingerprint density at radius 3 is 2.44 bits per heavy atom. The van der Waals surface area contributed by atoms with Crippen molar-refractivity contribution in [3.05, 3.63) is 58.7 Å². The molecule has 0 aliphatic heterocycles. The fraction of sp³-hybridized carbons (Fsp3) is 0.455. The summed E-state index contributed by atoms with van der Waals surface area (Å²) in [5.74, 6) is 1.10. The van der Waals surface area contributed by atoms with Crippen LogP contribution in [0.5, 0.6) is 11.5 Å². The highest BCUT2D eigenvalue weighted by Crippen LogP contribution is 2.37. The zero-order valence-corrected chi connectivity index (χ0v) is 17.6. The van der Waals surface area contributed by atoms with Gasteiger partial charge in [0.1, 0.15) is 11.5 Å². The number of rotatable bonds is 6. The number of aryl methyl sites for hydroxylation is 1. The van der Waals surface area contributed by atoms with E-state index in [-0.39, 0.29) is 0 Å². The number of hydrogen-bond donors (Lipinski definition) is 2. The number of hydrogen-bond acceptors (Lipinski definition) is 4. The van der Waals surface area contributed by atoms with Crippen LogP contribution in [0.2, 0.25) is 5.54 Å². The molecule has 0 amide bonds. The van der Waals surface area contributed by atoms with Crippen LogP contribution in [-0.2, 0) is 28.1 Å².